The molecule has 3 aromatic rings. The number of aromatic nitrogens is 3. The summed E-state index contributed by atoms with van der Waals surface area (Å²) in [6, 6.07) is 9.51. The van der Waals surface area contributed by atoms with E-state index in [-0.39, 0.29) is 11.8 Å². The third-order valence-corrected chi connectivity index (χ3v) is 5.97. The SMILES string of the molecule is C#Cc1ccc(-c2cnn(-c3ccc(C(=O)N4CCN(C(C)C)CC4)cn3)c2O)c(C)c1. The van der Waals surface area contributed by atoms with Crippen molar-refractivity contribution in [3.05, 3.63) is 59.4 Å². The van der Waals surface area contributed by atoms with Gasteiger partial charge in [0, 0.05) is 44.0 Å². The van der Waals surface area contributed by atoms with Crippen molar-refractivity contribution in [3.63, 3.8) is 0 Å². The minimum absolute atomic E-state index is 0.0158. The lowest BCUT2D eigenvalue weighted by molar-refractivity contribution is 0.0595. The molecule has 0 unspecified atom stereocenters. The fourth-order valence-electron chi connectivity index (χ4n) is 4.02. The van der Waals surface area contributed by atoms with Crippen molar-refractivity contribution in [1.29, 1.82) is 0 Å². The van der Waals surface area contributed by atoms with Crippen LogP contribution in [0.3, 0.4) is 0 Å². The van der Waals surface area contributed by atoms with E-state index in [1.807, 2.05) is 30.0 Å². The van der Waals surface area contributed by atoms with Gasteiger partial charge in [0.25, 0.3) is 5.91 Å². The third-order valence-electron chi connectivity index (χ3n) is 5.97. The van der Waals surface area contributed by atoms with Crippen LogP contribution >= 0.6 is 0 Å². The first-order valence-corrected chi connectivity index (χ1v) is 10.7. The van der Waals surface area contributed by atoms with Gasteiger partial charge in [-0.2, -0.15) is 9.78 Å². The Morgan fingerprint density at radius 2 is 1.84 bits per heavy atom. The molecule has 1 saturated heterocycles. The van der Waals surface area contributed by atoms with Crippen molar-refractivity contribution in [3.8, 4) is 35.2 Å². The summed E-state index contributed by atoms with van der Waals surface area (Å²) in [7, 11) is 0. The highest BCUT2D eigenvalue weighted by molar-refractivity contribution is 5.94. The number of rotatable bonds is 4. The monoisotopic (exact) mass is 429 g/mol. The van der Waals surface area contributed by atoms with Crippen molar-refractivity contribution in [2.45, 2.75) is 26.8 Å². The average molecular weight is 430 g/mol. The highest BCUT2D eigenvalue weighted by Gasteiger charge is 2.24. The van der Waals surface area contributed by atoms with E-state index >= 15 is 0 Å². The number of nitrogens with zero attached hydrogens (tertiary/aromatic N) is 5. The fraction of sp³-hybridized carbons (Fsp3) is 0.320. The van der Waals surface area contributed by atoms with Crippen LogP contribution in [0.4, 0.5) is 0 Å². The third kappa shape index (κ3) is 4.10. The molecule has 1 fully saturated rings. The van der Waals surface area contributed by atoms with Crippen LogP contribution in [0, 0.1) is 19.3 Å². The zero-order chi connectivity index (χ0) is 22.8. The first-order valence-electron chi connectivity index (χ1n) is 10.7. The lowest BCUT2D eigenvalue weighted by Crippen LogP contribution is -2.50. The summed E-state index contributed by atoms with van der Waals surface area (Å²) in [6.07, 6.45) is 8.60. The van der Waals surface area contributed by atoms with E-state index in [0.717, 1.165) is 29.8 Å². The van der Waals surface area contributed by atoms with E-state index in [1.54, 1.807) is 24.5 Å². The first-order chi connectivity index (χ1) is 15.4. The highest BCUT2D eigenvalue weighted by Crippen LogP contribution is 2.33. The predicted molar refractivity (Wildman–Crippen MR) is 124 cm³/mol. The van der Waals surface area contributed by atoms with Crippen LogP contribution in [0.1, 0.15) is 35.3 Å². The van der Waals surface area contributed by atoms with Gasteiger partial charge in [-0.05, 0) is 56.2 Å². The van der Waals surface area contributed by atoms with Crippen molar-refractivity contribution in [1.82, 2.24) is 24.6 Å². The Labute approximate surface area is 188 Å². The predicted octanol–water partition coefficient (Wildman–Crippen LogP) is 3.10. The van der Waals surface area contributed by atoms with Crippen LogP contribution < -0.4 is 0 Å². The van der Waals surface area contributed by atoms with Crippen molar-refractivity contribution < 1.29 is 9.90 Å². The van der Waals surface area contributed by atoms with Gasteiger partial charge >= 0.3 is 0 Å². The summed E-state index contributed by atoms with van der Waals surface area (Å²) in [6.45, 7) is 9.45. The van der Waals surface area contributed by atoms with Gasteiger partial charge in [0.15, 0.2) is 5.82 Å². The number of piperazine rings is 1. The van der Waals surface area contributed by atoms with E-state index in [2.05, 4.69) is 34.8 Å². The van der Waals surface area contributed by atoms with Crippen LogP contribution in [-0.4, -0.2) is 67.8 Å². The van der Waals surface area contributed by atoms with Gasteiger partial charge in [-0.25, -0.2) is 4.98 Å². The molecule has 0 radical (unpaired) electrons. The fourth-order valence-corrected chi connectivity index (χ4v) is 4.02. The van der Waals surface area contributed by atoms with E-state index in [9.17, 15) is 9.90 Å². The Hall–Kier alpha value is -3.63. The molecule has 1 aliphatic heterocycles. The van der Waals surface area contributed by atoms with Gasteiger partial charge in [-0.15, -0.1) is 6.42 Å². The van der Waals surface area contributed by atoms with Gasteiger partial charge in [0.05, 0.1) is 17.3 Å². The second-order valence-corrected chi connectivity index (χ2v) is 8.29. The smallest absolute Gasteiger partial charge is 0.255 e. The lowest BCUT2D eigenvalue weighted by atomic mass is 10.0. The average Bonchev–Trinajstić information content (AvgIpc) is 3.19. The maximum Gasteiger partial charge on any atom is 0.255 e. The number of benzene rings is 1. The quantitative estimate of drug-likeness (QED) is 0.645. The van der Waals surface area contributed by atoms with Crippen molar-refractivity contribution in [2.24, 2.45) is 0 Å². The van der Waals surface area contributed by atoms with Crippen LogP contribution in [-0.2, 0) is 0 Å². The maximum absolute atomic E-state index is 12.9. The molecule has 1 aliphatic rings. The van der Waals surface area contributed by atoms with Gasteiger partial charge < -0.3 is 10.0 Å². The molecular formula is C25H27N5O2. The number of terminal acetylenes is 1. The molecule has 4 rings (SSSR count). The van der Waals surface area contributed by atoms with Crippen molar-refractivity contribution in [2.75, 3.05) is 26.2 Å². The number of amides is 1. The van der Waals surface area contributed by atoms with Crippen molar-refractivity contribution >= 4 is 5.91 Å². The summed E-state index contributed by atoms with van der Waals surface area (Å²) < 4.78 is 1.36. The van der Waals surface area contributed by atoms with E-state index in [4.69, 9.17) is 6.42 Å². The minimum atomic E-state index is -0.0259. The summed E-state index contributed by atoms with van der Waals surface area (Å²) in [5.74, 6) is 3.01. The Balaban J connectivity index is 1.52. The summed E-state index contributed by atoms with van der Waals surface area (Å²) in [5, 5.41) is 15.1. The summed E-state index contributed by atoms with van der Waals surface area (Å²) in [4.78, 5) is 21.5. The zero-order valence-corrected chi connectivity index (χ0v) is 18.6. The largest absolute Gasteiger partial charge is 0.493 e. The lowest BCUT2D eigenvalue weighted by Gasteiger charge is -2.36. The number of pyridine rings is 1. The number of hydrogen-bond donors (Lipinski definition) is 1. The first kappa shape index (κ1) is 21.6. The second-order valence-electron chi connectivity index (χ2n) is 8.29. The van der Waals surface area contributed by atoms with E-state index in [1.165, 1.54) is 4.68 Å². The molecular weight excluding hydrogens is 402 g/mol. The molecule has 1 aromatic carbocycles. The van der Waals surface area contributed by atoms with Crippen LogP contribution in [0.25, 0.3) is 16.9 Å². The van der Waals surface area contributed by atoms with Gasteiger partial charge in [0.2, 0.25) is 5.88 Å². The topological polar surface area (TPSA) is 74.5 Å². The second kappa shape index (κ2) is 8.85. The maximum atomic E-state index is 12.9. The molecule has 2 aromatic heterocycles. The molecule has 0 spiro atoms. The molecule has 32 heavy (non-hydrogen) atoms. The van der Waals surface area contributed by atoms with Crippen LogP contribution in [0.15, 0.2) is 42.7 Å². The molecule has 1 amide bonds. The van der Waals surface area contributed by atoms with E-state index < -0.39 is 0 Å². The highest BCUT2D eigenvalue weighted by atomic mass is 16.3. The Morgan fingerprint density at radius 1 is 1.09 bits per heavy atom. The van der Waals surface area contributed by atoms with Gasteiger partial charge in [-0.1, -0.05) is 12.0 Å². The van der Waals surface area contributed by atoms with Crippen LogP contribution in [0.5, 0.6) is 5.88 Å². The molecule has 0 atom stereocenters. The molecule has 0 aliphatic carbocycles. The van der Waals surface area contributed by atoms with Gasteiger partial charge in [-0.3, -0.25) is 9.69 Å². The van der Waals surface area contributed by atoms with Gasteiger partial charge in [0.1, 0.15) is 0 Å². The number of aromatic hydroxyl groups is 1. The molecule has 7 heteroatoms. The number of aryl methyl sites for hydroxylation is 1. The molecule has 0 bridgehead atoms. The van der Waals surface area contributed by atoms with E-state index in [0.29, 0.717) is 36.1 Å². The Morgan fingerprint density at radius 3 is 2.44 bits per heavy atom. The minimum Gasteiger partial charge on any atom is -0.493 e. The summed E-state index contributed by atoms with van der Waals surface area (Å²) in [5.41, 5.74) is 3.70. The van der Waals surface area contributed by atoms with Crippen LogP contribution in [0.2, 0.25) is 0 Å². The standard InChI is InChI=1S/C25H27N5O2/c1-5-19-6-8-21(18(4)14-19)22-16-27-30(25(22)32)23-9-7-20(15-26-23)24(31)29-12-10-28(11-13-29)17(2)3/h1,6-9,14-17,32H,10-13H2,2-4H3. The molecule has 164 valence electrons. The molecule has 7 nitrogen and oxygen atoms in total. The Kier molecular flexibility index (Phi) is 5.97. The molecule has 1 N–H and O–H groups in total. The zero-order valence-electron chi connectivity index (χ0n) is 18.6. The number of hydrogen-bond acceptors (Lipinski definition) is 5. The molecule has 3 heterocycles. The Bertz CT molecular complexity index is 1170. The normalized spacial score (nSPS) is 14.5. The summed E-state index contributed by atoms with van der Waals surface area (Å²) >= 11 is 0. The number of carbonyl (C=O) groups excluding carboxylic acids is 1. The number of carbonyl (C=O) groups is 1. The molecule has 0 saturated carbocycles.